The molecule has 0 N–H and O–H groups in total. The van der Waals surface area contributed by atoms with Crippen molar-refractivity contribution < 1.29 is 8.42 Å². The highest BCUT2D eigenvalue weighted by Gasteiger charge is 2.30. The zero-order valence-corrected chi connectivity index (χ0v) is 9.98. The predicted octanol–water partition coefficient (Wildman–Crippen LogP) is 2.91. The van der Waals surface area contributed by atoms with Crippen molar-refractivity contribution in [2.24, 2.45) is 0 Å². The second-order valence-corrected chi connectivity index (χ2v) is 7.21. The number of benzene rings is 1. The van der Waals surface area contributed by atoms with Crippen molar-refractivity contribution in [1.82, 2.24) is 0 Å². The van der Waals surface area contributed by atoms with Crippen LogP contribution in [0.5, 0.6) is 0 Å². The molecule has 0 aliphatic carbocycles. The molecule has 78 valence electrons. The molecular formula is C10H13ClO2S. The fourth-order valence-corrected chi connectivity index (χ4v) is 2.49. The molecular weight excluding hydrogens is 220 g/mol. The highest BCUT2D eigenvalue weighted by atomic mass is 35.5. The Labute approximate surface area is 89.8 Å². The Balaban J connectivity index is 3.32. The van der Waals surface area contributed by atoms with E-state index in [4.69, 9.17) is 11.6 Å². The molecule has 0 heterocycles. The minimum absolute atomic E-state index is 0.275. The third kappa shape index (κ3) is 2.10. The van der Waals surface area contributed by atoms with Gasteiger partial charge in [0, 0.05) is 5.02 Å². The van der Waals surface area contributed by atoms with E-state index >= 15 is 0 Å². The fraction of sp³-hybridized carbons (Fsp3) is 0.400. The quantitative estimate of drug-likeness (QED) is 0.746. The van der Waals surface area contributed by atoms with Crippen LogP contribution in [0.1, 0.15) is 20.8 Å². The van der Waals surface area contributed by atoms with Crippen LogP contribution in [0, 0.1) is 0 Å². The molecule has 0 fully saturated rings. The van der Waals surface area contributed by atoms with Crippen LogP contribution in [0.2, 0.25) is 5.02 Å². The topological polar surface area (TPSA) is 34.1 Å². The average Bonchev–Trinajstić information content (AvgIpc) is 2.02. The van der Waals surface area contributed by atoms with Gasteiger partial charge in [-0.2, -0.15) is 0 Å². The summed E-state index contributed by atoms with van der Waals surface area (Å²) in [5, 5.41) is 0.440. The summed E-state index contributed by atoms with van der Waals surface area (Å²) in [4.78, 5) is 0.275. The van der Waals surface area contributed by atoms with Gasteiger partial charge in [0.2, 0.25) is 0 Å². The van der Waals surface area contributed by atoms with E-state index in [2.05, 4.69) is 0 Å². The van der Waals surface area contributed by atoms with Gasteiger partial charge in [-0.25, -0.2) is 8.42 Å². The lowest BCUT2D eigenvalue weighted by molar-refractivity contribution is 0.560. The lowest BCUT2D eigenvalue weighted by Crippen LogP contribution is -2.27. The van der Waals surface area contributed by atoms with Gasteiger partial charge in [-0.15, -0.1) is 0 Å². The molecule has 0 aliphatic heterocycles. The smallest absolute Gasteiger partial charge is 0.183 e. The molecule has 0 radical (unpaired) electrons. The van der Waals surface area contributed by atoms with Gasteiger partial charge in [-0.1, -0.05) is 17.7 Å². The minimum atomic E-state index is -3.28. The van der Waals surface area contributed by atoms with Crippen LogP contribution in [-0.2, 0) is 9.84 Å². The third-order valence-corrected chi connectivity index (χ3v) is 4.63. The summed E-state index contributed by atoms with van der Waals surface area (Å²) in [7, 11) is -3.28. The van der Waals surface area contributed by atoms with E-state index in [1.165, 1.54) is 6.07 Å². The van der Waals surface area contributed by atoms with Crippen LogP contribution in [0.25, 0.3) is 0 Å². The van der Waals surface area contributed by atoms with Crippen molar-refractivity contribution >= 4 is 21.4 Å². The summed E-state index contributed by atoms with van der Waals surface area (Å²) in [6.45, 7) is 5.01. The Morgan fingerprint density at radius 1 is 1.21 bits per heavy atom. The normalized spacial score (nSPS) is 12.9. The molecule has 4 heteroatoms. The molecule has 14 heavy (non-hydrogen) atoms. The SMILES string of the molecule is CC(C)(C)S(=O)(=O)c1cccc(Cl)c1. The molecule has 1 rings (SSSR count). The van der Waals surface area contributed by atoms with Crippen LogP contribution in [-0.4, -0.2) is 13.2 Å². The van der Waals surface area contributed by atoms with Crippen molar-refractivity contribution in [3.63, 3.8) is 0 Å². The Morgan fingerprint density at radius 3 is 2.21 bits per heavy atom. The number of halogens is 1. The van der Waals surface area contributed by atoms with Crippen LogP contribution in [0.4, 0.5) is 0 Å². The Bertz CT molecular complexity index is 430. The van der Waals surface area contributed by atoms with Gasteiger partial charge in [0.05, 0.1) is 9.64 Å². The molecule has 0 spiro atoms. The van der Waals surface area contributed by atoms with E-state index in [1.807, 2.05) is 0 Å². The first-order valence-electron chi connectivity index (χ1n) is 4.25. The zero-order valence-electron chi connectivity index (χ0n) is 8.41. The molecule has 2 nitrogen and oxygen atoms in total. The maximum atomic E-state index is 11.9. The van der Waals surface area contributed by atoms with Crippen molar-refractivity contribution in [2.45, 2.75) is 30.4 Å². The second kappa shape index (κ2) is 3.55. The van der Waals surface area contributed by atoms with Crippen molar-refractivity contribution in [1.29, 1.82) is 0 Å². The van der Waals surface area contributed by atoms with Gasteiger partial charge >= 0.3 is 0 Å². The first kappa shape index (κ1) is 11.5. The van der Waals surface area contributed by atoms with Gasteiger partial charge in [-0.3, -0.25) is 0 Å². The van der Waals surface area contributed by atoms with E-state index in [-0.39, 0.29) is 4.90 Å². The van der Waals surface area contributed by atoms with Crippen LogP contribution < -0.4 is 0 Å². The van der Waals surface area contributed by atoms with E-state index in [0.717, 1.165) is 0 Å². The van der Waals surface area contributed by atoms with Gasteiger partial charge in [-0.05, 0) is 39.0 Å². The summed E-state index contributed by atoms with van der Waals surface area (Å²) in [5.41, 5.74) is 0. The summed E-state index contributed by atoms with van der Waals surface area (Å²) >= 11 is 5.74. The Morgan fingerprint density at radius 2 is 1.79 bits per heavy atom. The van der Waals surface area contributed by atoms with E-state index < -0.39 is 14.6 Å². The summed E-state index contributed by atoms with van der Waals surface area (Å²) in [6.07, 6.45) is 0. The molecule has 0 unspecified atom stereocenters. The van der Waals surface area contributed by atoms with Gasteiger partial charge < -0.3 is 0 Å². The Hall–Kier alpha value is -0.540. The van der Waals surface area contributed by atoms with Gasteiger partial charge in [0.1, 0.15) is 0 Å². The highest BCUT2D eigenvalue weighted by molar-refractivity contribution is 7.92. The fourth-order valence-electron chi connectivity index (χ4n) is 0.988. The molecule has 0 saturated heterocycles. The summed E-state index contributed by atoms with van der Waals surface area (Å²) in [6, 6.07) is 6.33. The number of sulfone groups is 1. The lowest BCUT2D eigenvalue weighted by Gasteiger charge is -2.19. The first-order valence-corrected chi connectivity index (χ1v) is 6.11. The third-order valence-electron chi connectivity index (χ3n) is 1.91. The molecule has 0 atom stereocenters. The molecule has 0 aromatic heterocycles. The van der Waals surface area contributed by atoms with Gasteiger partial charge in [0.15, 0.2) is 9.84 Å². The first-order chi connectivity index (χ1) is 6.25. The highest BCUT2D eigenvalue weighted by Crippen LogP contribution is 2.26. The van der Waals surface area contributed by atoms with Crippen molar-refractivity contribution in [2.75, 3.05) is 0 Å². The monoisotopic (exact) mass is 232 g/mol. The maximum Gasteiger partial charge on any atom is 0.183 e. The number of rotatable bonds is 1. The van der Waals surface area contributed by atoms with E-state index in [9.17, 15) is 8.42 Å². The van der Waals surface area contributed by atoms with Crippen molar-refractivity contribution in [3.8, 4) is 0 Å². The average molecular weight is 233 g/mol. The molecule has 0 bridgehead atoms. The maximum absolute atomic E-state index is 11.9. The van der Waals surface area contributed by atoms with E-state index in [0.29, 0.717) is 5.02 Å². The number of hydrogen-bond acceptors (Lipinski definition) is 2. The van der Waals surface area contributed by atoms with Crippen LogP contribution in [0.15, 0.2) is 29.2 Å². The molecule has 1 aromatic carbocycles. The number of hydrogen-bond donors (Lipinski definition) is 0. The summed E-state index contributed by atoms with van der Waals surface area (Å²) < 4.78 is 23.1. The zero-order chi connectivity index (χ0) is 11.0. The molecule has 1 aromatic rings. The molecule has 0 saturated carbocycles. The van der Waals surface area contributed by atoms with Crippen LogP contribution in [0.3, 0.4) is 0 Å². The standard InChI is InChI=1S/C10H13ClO2S/c1-10(2,3)14(12,13)9-6-4-5-8(11)7-9/h4-7H,1-3H3. The summed E-state index contributed by atoms with van der Waals surface area (Å²) in [5.74, 6) is 0. The van der Waals surface area contributed by atoms with Crippen LogP contribution >= 0.6 is 11.6 Å². The van der Waals surface area contributed by atoms with Crippen molar-refractivity contribution in [3.05, 3.63) is 29.3 Å². The van der Waals surface area contributed by atoms with Gasteiger partial charge in [0.25, 0.3) is 0 Å². The molecule has 0 amide bonds. The largest absolute Gasteiger partial charge is 0.223 e. The van der Waals surface area contributed by atoms with E-state index in [1.54, 1.807) is 39.0 Å². The lowest BCUT2D eigenvalue weighted by atomic mass is 10.3. The predicted molar refractivity (Wildman–Crippen MR) is 58.4 cm³/mol. The molecule has 0 aliphatic rings. The second-order valence-electron chi connectivity index (χ2n) is 4.07. The minimum Gasteiger partial charge on any atom is -0.223 e. The Kier molecular flexibility index (Phi) is 2.93.